The summed E-state index contributed by atoms with van der Waals surface area (Å²) in [5, 5.41) is 6.66. The van der Waals surface area contributed by atoms with Gasteiger partial charge in [0.25, 0.3) is 5.91 Å². The second-order valence-corrected chi connectivity index (χ2v) is 5.58. The zero-order chi connectivity index (χ0) is 15.4. The number of aromatic nitrogens is 1. The molecule has 0 bridgehead atoms. The molecule has 0 unspecified atom stereocenters. The highest BCUT2D eigenvalue weighted by Crippen LogP contribution is 2.21. The Morgan fingerprint density at radius 1 is 1.24 bits per heavy atom. The van der Waals surface area contributed by atoms with E-state index in [1.807, 2.05) is 32.9 Å². The Labute approximate surface area is 129 Å². The molecule has 0 aliphatic carbocycles. The highest BCUT2D eigenvalue weighted by atomic mass is 35.5. The van der Waals surface area contributed by atoms with Crippen LogP contribution in [0.15, 0.2) is 36.5 Å². The van der Waals surface area contributed by atoms with Crippen LogP contribution in [0.2, 0.25) is 5.02 Å². The van der Waals surface area contributed by atoms with Gasteiger partial charge >= 0.3 is 0 Å². The zero-order valence-corrected chi connectivity index (χ0v) is 13.0. The first-order valence-electron chi connectivity index (χ1n) is 6.76. The van der Waals surface area contributed by atoms with Crippen molar-refractivity contribution in [2.75, 3.05) is 10.6 Å². The lowest BCUT2D eigenvalue weighted by Gasteiger charge is -2.11. The predicted molar refractivity (Wildman–Crippen MR) is 87.1 cm³/mol. The van der Waals surface area contributed by atoms with Crippen LogP contribution in [0.5, 0.6) is 0 Å². The minimum Gasteiger partial charge on any atom is -0.383 e. The fourth-order valence-electron chi connectivity index (χ4n) is 1.89. The number of hydrogen-bond donors (Lipinski definition) is 2. The number of aryl methyl sites for hydroxylation is 1. The quantitative estimate of drug-likeness (QED) is 0.893. The van der Waals surface area contributed by atoms with Gasteiger partial charge in [-0.3, -0.25) is 9.78 Å². The van der Waals surface area contributed by atoms with Gasteiger partial charge in [0.15, 0.2) is 0 Å². The van der Waals surface area contributed by atoms with Crippen molar-refractivity contribution in [3.8, 4) is 0 Å². The van der Waals surface area contributed by atoms with Gasteiger partial charge in [0.05, 0.1) is 0 Å². The number of halogens is 1. The number of carbonyl (C=O) groups excluding carboxylic acids is 1. The SMILES string of the molecule is Cc1ccc(Cl)cc1NC(=O)c1cc(NC(C)C)ccn1. The van der Waals surface area contributed by atoms with Crippen molar-refractivity contribution in [1.82, 2.24) is 4.98 Å². The van der Waals surface area contributed by atoms with E-state index < -0.39 is 0 Å². The van der Waals surface area contributed by atoms with Crippen molar-refractivity contribution < 1.29 is 4.79 Å². The van der Waals surface area contributed by atoms with Gasteiger partial charge in [0.2, 0.25) is 0 Å². The molecule has 4 nitrogen and oxygen atoms in total. The van der Waals surface area contributed by atoms with E-state index in [1.54, 1.807) is 24.4 Å². The highest BCUT2D eigenvalue weighted by Gasteiger charge is 2.10. The summed E-state index contributed by atoms with van der Waals surface area (Å²) in [6, 6.07) is 9.24. The van der Waals surface area contributed by atoms with Crippen molar-refractivity contribution in [3.05, 3.63) is 52.8 Å². The van der Waals surface area contributed by atoms with Gasteiger partial charge in [-0.25, -0.2) is 0 Å². The van der Waals surface area contributed by atoms with Crippen molar-refractivity contribution >= 4 is 28.9 Å². The summed E-state index contributed by atoms with van der Waals surface area (Å²) in [7, 11) is 0. The molecule has 5 heteroatoms. The van der Waals surface area contributed by atoms with E-state index in [0.717, 1.165) is 11.3 Å². The molecule has 0 fully saturated rings. The summed E-state index contributed by atoms with van der Waals surface area (Å²) in [6.45, 7) is 5.99. The molecule has 2 N–H and O–H groups in total. The number of pyridine rings is 1. The molecular weight excluding hydrogens is 286 g/mol. The van der Waals surface area contributed by atoms with Crippen LogP contribution in [0.3, 0.4) is 0 Å². The summed E-state index contributed by atoms with van der Waals surface area (Å²) >= 11 is 5.95. The molecule has 0 aliphatic rings. The summed E-state index contributed by atoms with van der Waals surface area (Å²) < 4.78 is 0. The standard InChI is InChI=1S/C16H18ClN3O/c1-10(2)19-13-6-7-18-15(9-13)16(21)20-14-8-12(17)5-4-11(14)3/h4-10H,1-3H3,(H,18,19)(H,20,21). The Morgan fingerprint density at radius 3 is 2.71 bits per heavy atom. The Morgan fingerprint density at radius 2 is 2.00 bits per heavy atom. The Kier molecular flexibility index (Phi) is 4.81. The number of anilines is 2. The van der Waals surface area contributed by atoms with Gasteiger partial charge in [-0.05, 0) is 50.6 Å². The van der Waals surface area contributed by atoms with E-state index in [9.17, 15) is 4.79 Å². The largest absolute Gasteiger partial charge is 0.383 e. The third-order valence-corrected chi connectivity index (χ3v) is 3.13. The summed E-state index contributed by atoms with van der Waals surface area (Å²) in [5.74, 6) is -0.257. The average Bonchev–Trinajstić information content (AvgIpc) is 2.42. The van der Waals surface area contributed by atoms with Gasteiger partial charge in [0, 0.05) is 28.6 Å². The summed E-state index contributed by atoms with van der Waals surface area (Å²) in [6.07, 6.45) is 1.62. The number of benzene rings is 1. The van der Waals surface area contributed by atoms with Gasteiger partial charge in [-0.2, -0.15) is 0 Å². The predicted octanol–water partition coefficient (Wildman–Crippen LogP) is 4.12. The molecule has 1 aromatic carbocycles. The fraction of sp³-hybridized carbons (Fsp3) is 0.250. The molecule has 0 saturated heterocycles. The molecule has 1 heterocycles. The molecule has 2 aromatic rings. The molecule has 0 spiro atoms. The first-order chi connectivity index (χ1) is 9.95. The number of nitrogens with zero attached hydrogens (tertiary/aromatic N) is 1. The molecule has 21 heavy (non-hydrogen) atoms. The van der Waals surface area contributed by atoms with E-state index >= 15 is 0 Å². The number of amides is 1. The van der Waals surface area contributed by atoms with Crippen molar-refractivity contribution in [1.29, 1.82) is 0 Å². The van der Waals surface area contributed by atoms with Crippen LogP contribution in [0.1, 0.15) is 29.9 Å². The maximum atomic E-state index is 12.3. The minimum atomic E-state index is -0.257. The van der Waals surface area contributed by atoms with E-state index in [-0.39, 0.29) is 5.91 Å². The topological polar surface area (TPSA) is 54.0 Å². The molecule has 0 atom stereocenters. The van der Waals surface area contributed by atoms with E-state index in [4.69, 9.17) is 11.6 Å². The van der Waals surface area contributed by atoms with Gasteiger partial charge in [0.1, 0.15) is 5.69 Å². The van der Waals surface area contributed by atoms with Gasteiger partial charge < -0.3 is 10.6 Å². The van der Waals surface area contributed by atoms with Crippen molar-refractivity contribution in [2.24, 2.45) is 0 Å². The number of hydrogen-bond acceptors (Lipinski definition) is 3. The molecule has 1 aromatic heterocycles. The lowest BCUT2D eigenvalue weighted by atomic mass is 10.2. The molecule has 2 rings (SSSR count). The lowest BCUT2D eigenvalue weighted by Crippen LogP contribution is -2.16. The Bertz CT molecular complexity index is 656. The van der Waals surface area contributed by atoms with Gasteiger partial charge in [-0.15, -0.1) is 0 Å². The van der Waals surface area contributed by atoms with Crippen LogP contribution in [-0.4, -0.2) is 16.9 Å². The maximum absolute atomic E-state index is 12.3. The summed E-state index contributed by atoms with van der Waals surface area (Å²) in [4.78, 5) is 16.4. The van der Waals surface area contributed by atoms with Crippen LogP contribution < -0.4 is 10.6 Å². The Hall–Kier alpha value is -2.07. The summed E-state index contributed by atoms with van der Waals surface area (Å²) in [5.41, 5.74) is 2.87. The zero-order valence-electron chi connectivity index (χ0n) is 12.3. The maximum Gasteiger partial charge on any atom is 0.274 e. The normalized spacial score (nSPS) is 10.5. The van der Waals surface area contributed by atoms with Crippen LogP contribution >= 0.6 is 11.6 Å². The number of carbonyl (C=O) groups is 1. The lowest BCUT2D eigenvalue weighted by molar-refractivity contribution is 0.102. The third-order valence-electron chi connectivity index (χ3n) is 2.90. The number of rotatable bonds is 4. The monoisotopic (exact) mass is 303 g/mol. The smallest absolute Gasteiger partial charge is 0.274 e. The first kappa shape index (κ1) is 15.3. The molecular formula is C16H18ClN3O. The first-order valence-corrected chi connectivity index (χ1v) is 7.13. The van der Waals surface area contributed by atoms with Crippen LogP contribution in [-0.2, 0) is 0 Å². The third kappa shape index (κ3) is 4.20. The fourth-order valence-corrected chi connectivity index (χ4v) is 2.07. The molecule has 0 aliphatic heterocycles. The number of nitrogens with one attached hydrogen (secondary N) is 2. The van der Waals surface area contributed by atoms with E-state index in [1.165, 1.54) is 0 Å². The minimum absolute atomic E-state index is 0.257. The molecule has 110 valence electrons. The second kappa shape index (κ2) is 6.59. The molecule has 0 radical (unpaired) electrons. The highest BCUT2D eigenvalue weighted by molar-refractivity contribution is 6.31. The van der Waals surface area contributed by atoms with E-state index in [2.05, 4.69) is 15.6 Å². The van der Waals surface area contributed by atoms with E-state index in [0.29, 0.717) is 22.4 Å². The van der Waals surface area contributed by atoms with Crippen LogP contribution in [0, 0.1) is 6.92 Å². The molecule has 0 saturated carbocycles. The van der Waals surface area contributed by atoms with Gasteiger partial charge in [-0.1, -0.05) is 17.7 Å². The second-order valence-electron chi connectivity index (χ2n) is 5.14. The van der Waals surface area contributed by atoms with Crippen molar-refractivity contribution in [2.45, 2.75) is 26.8 Å². The Balaban J connectivity index is 2.18. The average molecular weight is 304 g/mol. The van der Waals surface area contributed by atoms with Crippen LogP contribution in [0.25, 0.3) is 0 Å². The van der Waals surface area contributed by atoms with Crippen molar-refractivity contribution in [3.63, 3.8) is 0 Å². The molecule has 1 amide bonds. The van der Waals surface area contributed by atoms with Crippen LogP contribution in [0.4, 0.5) is 11.4 Å².